The molecule has 1 aliphatic rings. The Bertz CT molecular complexity index is 366. The van der Waals surface area contributed by atoms with Crippen molar-refractivity contribution < 1.29 is 9.50 Å². The number of hydrogen-bond acceptors (Lipinski definition) is 3. The van der Waals surface area contributed by atoms with Gasteiger partial charge in [-0.2, -0.15) is 4.39 Å². The Hall–Kier alpha value is -0.710. The molecule has 15 heavy (non-hydrogen) atoms. The second-order valence-electron chi connectivity index (χ2n) is 3.93. The summed E-state index contributed by atoms with van der Waals surface area (Å²) in [6.45, 7) is 1.24. The Kier molecular flexibility index (Phi) is 2.91. The summed E-state index contributed by atoms with van der Waals surface area (Å²) in [7, 11) is 0. The molecule has 0 amide bonds. The highest BCUT2D eigenvalue weighted by molar-refractivity contribution is 6.30. The van der Waals surface area contributed by atoms with Crippen LogP contribution in [0, 0.1) is 5.95 Å². The second-order valence-corrected chi connectivity index (χ2v) is 4.37. The maximum atomic E-state index is 13.3. The molecule has 82 valence electrons. The van der Waals surface area contributed by atoms with Gasteiger partial charge in [-0.1, -0.05) is 11.6 Å². The van der Waals surface area contributed by atoms with E-state index in [2.05, 4.69) is 10.3 Å². The largest absolute Gasteiger partial charge is 0.388 e. The average molecular weight is 231 g/mol. The fraction of sp³-hybridized carbons (Fsp3) is 0.500. The van der Waals surface area contributed by atoms with E-state index in [9.17, 15) is 9.50 Å². The Morgan fingerprint density at radius 2 is 2.47 bits per heavy atom. The number of hydrogen-bond donors (Lipinski definition) is 2. The third-order valence-electron chi connectivity index (χ3n) is 2.62. The van der Waals surface area contributed by atoms with Gasteiger partial charge in [-0.3, -0.25) is 0 Å². The molecule has 1 fully saturated rings. The van der Waals surface area contributed by atoms with Gasteiger partial charge < -0.3 is 10.4 Å². The van der Waals surface area contributed by atoms with Crippen LogP contribution >= 0.6 is 11.6 Å². The van der Waals surface area contributed by atoms with E-state index in [-0.39, 0.29) is 6.42 Å². The second kappa shape index (κ2) is 4.04. The van der Waals surface area contributed by atoms with Crippen molar-refractivity contribution >= 4 is 11.6 Å². The van der Waals surface area contributed by atoms with E-state index >= 15 is 0 Å². The van der Waals surface area contributed by atoms with E-state index in [0.29, 0.717) is 23.6 Å². The number of halogens is 2. The van der Waals surface area contributed by atoms with E-state index in [1.807, 2.05) is 0 Å². The maximum Gasteiger partial charge on any atom is 0.216 e. The first-order chi connectivity index (χ1) is 7.09. The van der Waals surface area contributed by atoms with Gasteiger partial charge in [0.05, 0.1) is 10.6 Å². The molecule has 0 saturated carbocycles. The van der Waals surface area contributed by atoms with Crippen LogP contribution in [-0.4, -0.2) is 28.8 Å². The number of nitrogens with one attached hydrogen (secondary N) is 1. The molecule has 3 nitrogen and oxygen atoms in total. The quantitative estimate of drug-likeness (QED) is 0.749. The lowest BCUT2D eigenvalue weighted by Gasteiger charge is -2.21. The summed E-state index contributed by atoms with van der Waals surface area (Å²) in [4.78, 5) is 3.52. The summed E-state index contributed by atoms with van der Waals surface area (Å²) in [5, 5.41) is 13.5. The molecule has 1 aliphatic heterocycles. The van der Waals surface area contributed by atoms with E-state index in [4.69, 9.17) is 11.6 Å². The summed E-state index contributed by atoms with van der Waals surface area (Å²) in [5.41, 5.74) is -0.499. The van der Waals surface area contributed by atoms with Gasteiger partial charge in [0.2, 0.25) is 5.95 Å². The number of pyridine rings is 1. The van der Waals surface area contributed by atoms with E-state index in [0.717, 1.165) is 6.54 Å². The third kappa shape index (κ3) is 2.45. The number of β-amino-alcohol motifs (C(OH)–C–C–N with tert-alkyl or cyclic N) is 1. The number of rotatable bonds is 2. The molecular formula is C10H12ClFN2O. The van der Waals surface area contributed by atoms with Crippen LogP contribution in [-0.2, 0) is 6.42 Å². The Morgan fingerprint density at radius 1 is 1.67 bits per heavy atom. The van der Waals surface area contributed by atoms with Gasteiger partial charge in [0, 0.05) is 24.7 Å². The standard InChI is InChI=1S/C10H12ClFN2O/c11-8-3-7(9(12)14-5-8)4-10(15)1-2-13-6-10/h3,5,13,15H,1-2,4,6H2. The molecule has 0 spiro atoms. The number of aromatic nitrogens is 1. The molecule has 2 rings (SSSR count). The zero-order valence-corrected chi connectivity index (χ0v) is 8.89. The van der Waals surface area contributed by atoms with Gasteiger partial charge in [0.15, 0.2) is 0 Å². The first-order valence-electron chi connectivity index (χ1n) is 4.82. The summed E-state index contributed by atoms with van der Waals surface area (Å²) in [6, 6.07) is 1.51. The lowest BCUT2D eigenvalue weighted by atomic mass is 9.94. The molecule has 2 N–H and O–H groups in total. The van der Waals surface area contributed by atoms with Crippen LogP contribution in [0.5, 0.6) is 0 Å². The third-order valence-corrected chi connectivity index (χ3v) is 2.83. The highest BCUT2D eigenvalue weighted by Gasteiger charge is 2.32. The van der Waals surface area contributed by atoms with Crippen molar-refractivity contribution in [2.45, 2.75) is 18.4 Å². The van der Waals surface area contributed by atoms with Crippen molar-refractivity contribution in [3.8, 4) is 0 Å². The van der Waals surface area contributed by atoms with Gasteiger partial charge in [0.1, 0.15) is 0 Å². The molecule has 1 saturated heterocycles. The lowest BCUT2D eigenvalue weighted by molar-refractivity contribution is 0.0608. The molecule has 0 radical (unpaired) electrons. The van der Waals surface area contributed by atoms with Crippen LogP contribution in [0.3, 0.4) is 0 Å². The van der Waals surface area contributed by atoms with Crippen LogP contribution in [0.25, 0.3) is 0 Å². The first kappa shape index (κ1) is 10.8. The van der Waals surface area contributed by atoms with Crippen molar-refractivity contribution in [2.24, 2.45) is 0 Å². The van der Waals surface area contributed by atoms with E-state index < -0.39 is 11.5 Å². The predicted molar refractivity (Wildman–Crippen MR) is 55.3 cm³/mol. The minimum absolute atomic E-state index is 0.249. The number of aliphatic hydroxyl groups is 1. The van der Waals surface area contributed by atoms with Gasteiger partial charge in [-0.25, -0.2) is 4.98 Å². The fourth-order valence-electron chi connectivity index (χ4n) is 1.82. The Morgan fingerprint density at radius 3 is 3.13 bits per heavy atom. The van der Waals surface area contributed by atoms with Crippen molar-refractivity contribution in [3.05, 3.63) is 28.8 Å². The van der Waals surface area contributed by atoms with Gasteiger partial charge in [0.25, 0.3) is 0 Å². The lowest BCUT2D eigenvalue weighted by Crippen LogP contribution is -2.34. The molecule has 1 atom stereocenters. The molecule has 0 aliphatic carbocycles. The topological polar surface area (TPSA) is 45.2 Å². The summed E-state index contributed by atoms with van der Waals surface area (Å²) >= 11 is 5.72. The SMILES string of the molecule is OC1(Cc2cc(Cl)cnc2F)CCNC1. The molecule has 2 heterocycles. The van der Waals surface area contributed by atoms with Crippen molar-refractivity contribution in [1.82, 2.24) is 10.3 Å². The van der Waals surface area contributed by atoms with Crippen LogP contribution in [0.1, 0.15) is 12.0 Å². The van der Waals surface area contributed by atoms with Crippen molar-refractivity contribution in [1.29, 1.82) is 0 Å². The van der Waals surface area contributed by atoms with Gasteiger partial charge in [-0.05, 0) is 19.0 Å². The van der Waals surface area contributed by atoms with E-state index in [1.54, 1.807) is 0 Å². The van der Waals surface area contributed by atoms with Crippen LogP contribution < -0.4 is 5.32 Å². The minimum atomic E-state index is -0.868. The normalized spacial score (nSPS) is 25.8. The molecule has 1 aromatic heterocycles. The first-order valence-corrected chi connectivity index (χ1v) is 5.20. The zero-order valence-electron chi connectivity index (χ0n) is 8.13. The smallest absolute Gasteiger partial charge is 0.216 e. The summed E-state index contributed by atoms with van der Waals surface area (Å²) in [5.74, 6) is -0.556. The van der Waals surface area contributed by atoms with Crippen molar-refractivity contribution in [2.75, 3.05) is 13.1 Å². The zero-order chi connectivity index (χ0) is 10.9. The fourth-order valence-corrected chi connectivity index (χ4v) is 2.00. The highest BCUT2D eigenvalue weighted by atomic mass is 35.5. The van der Waals surface area contributed by atoms with E-state index in [1.165, 1.54) is 12.3 Å². The van der Waals surface area contributed by atoms with Gasteiger partial charge >= 0.3 is 0 Å². The maximum absolute atomic E-state index is 13.3. The molecule has 1 aromatic rings. The summed E-state index contributed by atoms with van der Waals surface area (Å²) < 4.78 is 13.3. The Labute approximate surface area is 92.3 Å². The van der Waals surface area contributed by atoms with Crippen LogP contribution in [0.4, 0.5) is 4.39 Å². The molecule has 1 unspecified atom stereocenters. The number of nitrogens with zero attached hydrogens (tertiary/aromatic N) is 1. The molecular weight excluding hydrogens is 219 g/mol. The summed E-state index contributed by atoms with van der Waals surface area (Å²) in [6.07, 6.45) is 2.13. The van der Waals surface area contributed by atoms with Gasteiger partial charge in [-0.15, -0.1) is 0 Å². The average Bonchev–Trinajstić information content (AvgIpc) is 2.59. The van der Waals surface area contributed by atoms with Crippen LogP contribution in [0.15, 0.2) is 12.3 Å². The molecule has 0 bridgehead atoms. The minimum Gasteiger partial charge on any atom is -0.388 e. The molecule has 5 heteroatoms. The van der Waals surface area contributed by atoms with Crippen molar-refractivity contribution in [3.63, 3.8) is 0 Å². The van der Waals surface area contributed by atoms with Crippen LogP contribution in [0.2, 0.25) is 5.02 Å². The Balaban J connectivity index is 2.19. The highest BCUT2D eigenvalue weighted by Crippen LogP contribution is 2.23. The monoisotopic (exact) mass is 230 g/mol. The molecule has 0 aromatic carbocycles. The predicted octanol–water partition coefficient (Wildman–Crippen LogP) is 1.14.